The third-order valence-electron chi connectivity index (χ3n) is 5.40. The van der Waals surface area contributed by atoms with E-state index in [9.17, 15) is 14.4 Å². The number of Topliss-reactive ketones (excluding diaryl/α,β-unsaturated/α-hetero) is 1. The van der Waals surface area contributed by atoms with Crippen LogP contribution in [0.25, 0.3) is 10.9 Å². The van der Waals surface area contributed by atoms with Crippen LogP contribution < -0.4 is 15.2 Å². The number of nitrogens with zero attached hydrogens (tertiary/aromatic N) is 3. The zero-order valence-corrected chi connectivity index (χ0v) is 16.6. The first-order chi connectivity index (χ1) is 13.9. The van der Waals surface area contributed by atoms with E-state index in [1.807, 2.05) is 6.07 Å². The minimum Gasteiger partial charge on any atom is -0.497 e. The van der Waals surface area contributed by atoms with Crippen LogP contribution in [0.5, 0.6) is 5.75 Å². The zero-order chi connectivity index (χ0) is 20.7. The van der Waals surface area contributed by atoms with Crippen LogP contribution in [0.4, 0.5) is 5.69 Å². The highest BCUT2D eigenvalue weighted by molar-refractivity contribution is 5.99. The van der Waals surface area contributed by atoms with Crippen molar-refractivity contribution in [1.82, 2.24) is 9.55 Å². The van der Waals surface area contributed by atoms with Crippen LogP contribution in [0.2, 0.25) is 0 Å². The maximum atomic E-state index is 13.0. The third kappa shape index (κ3) is 3.29. The fourth-order valence-electron chi connectivity index (χ4n) is 3.69. The van der Waals surface area contributed by atoms with Crippen LogP contribution in [0.3, 0.4) is 0 Å². The standard InChI is InChI=1S/C22H21N3O4/c1-13-23-18-7-6-16(29-3)11-17(18)22(28)25(13)12-20(26)15-4-8-19-14(10-15)5-9-21(27)24(19)2/h4,6-8,10-11H,5,9,12H2,1-3H3. The van der Waals surface area contributed by atoms with Gasteiger partial charge in [-0.1, -0.05) is 0 Å². The van der Waals surface area contributed by atoms with Gasteiger partial charge in [0, 0.05) is 24.7 Å². The summed E-state index contributed by atoms with van der Waals surface area (Å²) in [5.74, 6) is 0.925. The highest BCUT2D eigenvalue weighted by Crippen LogP contribution is 2.28. The van der Waals surface area contributed by atoms with Gasteiger partial charge in [0.25, 0.3) is 5.56 Å². The summed E-state index contributed by atoms with van der Waals surface area (Å²) in [6.45, 7) is 1.62. The second-order valence-electron chi connectivity index (χ2n) is 7.15. The summed E-state index contributed by atoms with van der Waals surface area (Å²) in [5, 5.41) is 0.410. The molecule has 7 heteroatoms. The number of ketones is 1. The van der Waals surface area contributed by atoms with E-state index < -0.39 is 0 Å². The average molecular weight is 391 g/mol. The number of rotatable bonds is 4. The maximum Gasteiger partial charge on any atom is 0.261 e. The van der Waals surface area contributed by atoms with E-state index in [0.717, 1.165) is 11.3 Å². The lowest BCUT2D eigenvalue weighted by Gasteiger charge is -2.26. The van der Waals surface area contributed by atoms with Gasteiger partial charge < -0.3 is 9.64 Å². The first kappa shape index (κ1) is 18.9. The Morgan fingerprint density at radius 2 is 1.93 bits per heavy atom. The molecule has 0 saturated carbocycles. The number of hydrogen-bond donors (Lipinski definition) is 0. The van der Waals surface area contributed by atoms with Crippen LogP contribution in [-0.4, -0.2) is 35.4 Å². The Balaban J connectivity index is 1.69. The van der Waals surface area contributed by atoms with Gasteiger partial charge in [-0.25, -0.2) is 4.98 Å². The lowest BCUT2D eigenvalue weighted by atomic mass is 9.97. The molecule has 1 aromatic heterocycles. The van der Waals surface area contributed by atoms with Gasteiger partial charge >= 0.3 is 0 Å². The van der Waals surface area contributed by atoms with Crippen molar-refractivity contribution >= 4 is 28.3 Å². The van der Waals surface area contributed by atoms with Crippen LogP contribution in [0.1, 0.15) is 28.2 Å². The molecule has 1 aliphatic rings. The number of hydrogen-bond acceptors (Lipinski definition) is 5. The molecule has 0 spiro atoms. The van der Waals surface area contributed by atoms with Gasteiger partial charge in [0.2, 0.25) is 5.91 Å². The molecule has 0 atom stereocenters. The van der Waals surface area contributed by atoms with Gasteiger partial charge in [0.05, 0.1) is 24.6 Å². The van der Waals surface area contributed by atoms with E-state index in [0.29, 0.717) is 40.9 Å². The lowest BCUT2D eigenvalue weighted by Crippen LogP contribution is -2.31. The molecule has 0 aliphatic carbocycles. The summed E-state index contributed by atoms with van der Waals surface area (Å²) in [4.78, 5) is 43.8. The van der Waals surface area contributed by atoms with E-state index in [2.05, 4.69) is 4.98 Å². The van der Waals surface area contributed by atoms with Crippen molar-refractivity contribution in [3.8, 4) is 5.75 Å². The van der Waals surface area contributed by atoms with Crippen molar-refractivity contribution in [2.75, 3.05) is 19.1 Å². The van der Waals surface area contributed by atoms with Crippen LogP contribution in [0.15, 0.2) is 41.2 Å². The topological polar surface area (TPSA) is 81.5 Å². The summed E-state index contributed by atoms with van der Waals surface area (Å²) in [7, 11) is 3.27. The van der Waals surface area contributed by atoms with Crippen molar-refractivity contribution in [2.45, 2.75) is 26.3 Å². The minimum absolute atomic E-state index is 0.0661. The number of methoxy groups -OCH3 is 1. The van der Waals surface area contributed by atoms with E-state index >= 15 is 0 Å². The molecule has 1 aliphatic heterocycles. The fraction of sp³-hybridized carbons (Fsp3) is 0.273. The molecule has 0 bridgehead atoms. The number of carbonyl (C=O) groups excluding carboxylic acids is 2. The number of ether oxygens (including phenoxy) is 1. The number of aryl methyl sites for hydroxylation is 2. The summed E-state index contributed by atoms with van der Waals surface area (Å²) >= 11 is 0. The molecule has 0 saturated heterocycles. The number of fused-ring (bicyclic) bond motifs is 2. The molecule has 148 valence electrons. The van der Waals surface area contributed by atoms with E-state index in [-0.39, 0.29) is 23.8 Å². The van der Waals surface area contributed by atoms with Crippen molar-refractivity contribution < 1.29 is 14.3 Å². The molecule has 1 amide bonds. The monoisotopic (exact) mass is 391 g/mol. The molecule has 29 heavy (non-hydrogen) atoms. The fourth-order valence-corrected chi connectivity index (χ4v) is 3.69. The quantitative estimate of drug-likeness (QED) is 0.639. The third-order valence-corrected chi connectivity index (χ3v) is 5.40. The molecule has 0 N–H and O–H groups in total. The van der Waals surface area contributed by atoms with Crippen LogP contribution in [-0.2, 0) is 17.8 Å². The molecule has 2 heterocycles. The normalized spacial score (nSPS) is 13.5. The van der Waals surface area contributed by atoms with Gasteiger partial charge in [0.1, 0.15) is 11.6 Å². The first-order valence-electron chi connectivity index (χ1n) is 9.37. The predicted octanol–water partition coefficient (Wildman–Crippen LogP) is 2.51. The predicted molar refractivity (Wildman–Crippen MR) is 110 cm³/mol. The van der Waals surface area contributed by atoms with Gasteiger partial charge in [-0.3, -0.25) is 19.0 Å². The van der Waals surface area contributed by atoms with Crippen molar-refractivity contribution in [1.29, 1.82) is 0 Å². The van der Waals surface area contributed by atoms with E-state index in [4.69, 9.17) is 4.74 Å². The summed E-state index contributed by atoms with van der Waals surface area (Å²) in [6, 6.07) is 10.4. The van der Waals surface area contributed by atoms with Crippen LogP contribution >= 0.6 is 0 Å². The first-order valence-corrected chi connectivity index (χ1v) is 9.37. The van der Waals surface area contributed by atoms with Crippen molar-refractivity contribution in [3.05, 3.63) is 63.7 Å². The molecule has 0 unspecified atom stereocenters. The Kier molecular flexibility index (Phi) is 4.66. The van der Waals surface area contributed by atoms with Crippen molar-refractivity contribution in [2.24, 2.45) is 0 Å². The Labute approximate surface area is 167 Å². The molecule has 7 nitrogen and oxygen atoms in total. The Bertz CT molecular complexity index is 1210. The summed E-state index contributed by atoms with van der Waals surface area (Å²) in [5.41, 5.74) is 2.60. The smallest absolute Gasteiger partial charge is 0.261 e. The molecular formula is C22H21N3O4. The zero-order valence-electron chi connectivity index (χ0n) is 16.6. The average Bonchev–Trinajstić information content (AvgIpc) is 2.73. The number of carbonyl (C=O) groups is 2. The van der Waals surface area contributed by atoms with Crippen molar-refractivity contribution in [3.63, 3.8) is 0 Å². The second kappa shape index (κ2) is 7.16. The number of anilines is 1. The number of aromatic nitrogens is 2. The van der Waals surface area contributed by atoms with Gasteiger partial charge in [-0.05, 0) is 55.3 Å². The molecule has 0 fully saturated rings. The minimum atomic E-state index is -0.275. The molecule has 3 aromatic rings. The Morgan fingerprint density at radius 1 is 1.14 bits per heavy atom. The van der Waals surface area contributed by atoms with Gasteiger partial charge in [-0.2, -0.15) is 0 Å². The number of benzene rings is 2. The van der Waals surface area contributed by atoms with Crippen LogP contribution in [0, 0.1) is 6.92 Å². The molecule has 2 aromatic carbocycles. The number of amides is 1. The molecule has 0 radical (unpaired) electrons. The highest BCUT2D eigenvalue weighted by atomic mass is 16.5. The Morgan fingerprint density at radius 3 is 2.69 bits per heavy atom. The molecule has 4 rings (SSSR count). The Hall–Kier alpha value is -3.48. The lowest BCUT2D eigenvalue weighted by molar-refractivity contribution is -0.118. The van der Waals surface area contributed by atoms with E-state index in [1.54, 1.807) is 49.2 Å². The maximum absolute atomic E-state index is 13.0. The van der Waals surface area contributed by atoms with E-state index in [1.165, 1.54) is 11.7 Å². The summed E-state index contributed by atoms with van der Waals surface area (Å²) < 4.78 is 6.58. The van der Waals surface area contributed by atoms with Gasteiger partial charge in [-0.15, -0.1) is 0 Å². The van der Waals surface area contributed by atoms with Gasteiger partial charge in [0.15, 0.2) is 5.78 Å². The summed E-state index contributed by atoms with van der Waals surface area (Å²) in [6.07, 6.45) is 1.03. The highest BCUT2D eigenvalue weighted by Gasteiger charge is 2.22. The second-order valence-corrected chi connectivity index (χ2v) is 7.15. The largest absolute Gasteiger partial charge is 0.497 e. The molecular weight excluding hydrogens is 370 g/mol. The SMILES string of the molecule is COc1ccc2nc(C)n(CC(=O)c3ccc4c(c3)CCC(=O)N4C)c(=O)c2c1.